The Hall–Kier alpha value is -1.27. The van der Waals surface area contributed by atoms with Gasteiger partial charge in [-0.2, -0.15) is 0 Å². The zero-order valence-corrected chi connectivity index (χ0v) is 17.1. The van der Waals surface area contributed by atoms with Crippen LogP contribution in [0.4, 0.5) is 0 Å². The van der Waals surface area contributed by atoms with E-state index in [4.69, 9.17) is 20.9 Å². The zero-order valence-electron chi connectivity index (χ0n) is 12.6. The summed E-state index contributed by atoms with van der Waals surface area (Å²) in [6, 6.07) is 0. The number of hydrogen-bond donors (Lipinski definition) is 4. The van der Waals surface area contributed by atoms with Crippen LogP contribution in [0.1, 0.15) is 27.7 Å². The Labute approximate surface area is 161 Å². The Morgan fingerprint density at radius 1 is 0.870 bits per heavy atom. The molecule has 131 valence electrons. The number of nitrogens with one attached hydrogen (secondary N) is 2. The van der Waals surface area contributed by atoms with E-state index in [9.17, 15) is 9.81 Å². The molecule has 4 N–H and O–H groups in total. The van der Waals surface area contributed by atoms with Crippen LogP contribution in [-0.4, -0.2) is 42.4 Å². The quantitative estimate of drug-likeness (QED) is 0.253. The van der Waals surface area contributed by atoms with Crippen molar-refractivity contribution in [3.63, 3.8) is 0 Å². The summed E-state index contributed by atoms with van der Waals surface area (Å²) in [7, 11) is 0. The van der Waals surface area contributed by atoms with Gasteiger partial charge in [0.05, 0.1) is 11.4 Å². The van der Waals surface area contributed by atoms with Crippen molar-refractivity contribution in [2.24, 2.45) is 10.4 Å². The van der Waals surface area contributed by atoms with Gasteiger partial charge < -0.3 is 0 Å². The van der Waals surface area contributed by atoms with Crippen molar-refractivity contribution in [1.29, 1.82) is 10.5 Å². The Kier molecular flexibility index (Phi) is 41.8. The number of nitroso groups, excluding NO2 is 2. The molecule has 0 amide bonds. The van der Waals surface area contributed by atoms with E-state index in [1.165, 1.54) is 13.8 Å². The van der Waals surface area contributed by atoms with Gasteiger partial charge in [0.1, 0.15) is 11.4 Å². The van der Waals surface area contributed by atoms with Crippen LogP contribution < -0.4 is 11.0 Å². The van der Waals surface area contributed by atoms with Crippen molar-refractivity contribution in [3.8, 4) is 9.94 Å². The third kappa shape index (κ3) is 33.5. The van der Waals surface area contributed by atoms with Crippen molar-refractivity contribution in [2.75, 3.05) is 0 Å². The summed E-state index contributed by atoms with van der Waals surface area (Å²) in [6.45, 7) is 6.12. The van der Waals surface area contributed by atoms with E-state index in [1.54, 1.807) is 34.7 Å². The van der Waals surface area contributed by atoms with Crippen LogP contribution >= 0.6 is 0 Å². The second kappa shape index (κ2) is 28.8. The average molecular weight is 501 g/mol. The molecule has 0 unspecified atom stereocenters. The molecule has 0 aromatic carbocycles. The van der Waals surface area contributed by atoms with E-state index in [0.717, 1.165) is 0 Å². The largest absolute Gasteiger partial charge is 0 e. The number of nitriles is 2. The molecule has 0 atom stereocenters. The van der Waals surface area contributed by atoms with E-state index in [1.807, 2.05) is 0 Å². The summed E-state index contributed by atoms with van der Waals surface area (Å²) in [5, 5.41) is 35.9. The first-order chi connectivity index (χ1) is 10.3. The van der Waals surface area contributed by atoms with Crippen molar-refractivity contribution in [1.82, 2.24) is 11.0 Å². The average Bonchev–Trinajstić information content (AvgIpc) is 2.53. The van der Waals surface area contributed by atoms with Gasteiger partial charge in [0, 0.05) is 16.8 Å². The molecular formula is C10H16CoN6O4Se2. The van der Waals surface area contributed by atoms with Crippen molar-refractivity contribution in [3.05, 3.63) is 32.6 Å². The van der Waals surface area contributed by atoms with Crippen LogP contribution in [0, 0.1) is 30.3 Å². The maximum Gasteiger partial charge on any atom is 0 e. The van der Waals surface area contributed by atoms with Crippen molar-refractivity contribution >= 4 is 32.0 Å². The second-order valence-corrected chi connectivity index (χ2v) is 3.78. The van der Waals surface area contributed by atoms with Gasteiger partial charge in [0.25, 0.3) is 0 Å². The molecule has 0 spiro atoms. The van der Waals surface area contributed by atoms with Gasteiger partial charge in [-0.15, -0.1) is 9.81 Å². The summed E-state index contributed by atoms with van der Waals surface area (Å²) in [5.41, 5.74) is 4.87. The number of hydroxylamine groups is 2. The van der Waals surface area contributed by atoms with Crippen LogP contribution in [-0.2, 0) is 16.8 Å². The summed E-state index contributed by atoms with van der Waals surface area (Å²) < 4.78 is 0. The van der Waals surface area contributed by atoms with Gasteiger partial charge in [0.15, 0.2) is 0 Å². The molecular weight excluding hydrogens is 485 g/mol. The molecule has 0 saturated carbocycles. The third-order valence-corrected chi connectivity index (χ3v) is 1.69. The third-order valence-electron chi connectivity index (χ3n) is 1.69. The summed E-state index contributed by atoms with van der Waals surface area (Å²) in [4.78, 5) is 22.5. The number of hydrogen-bond acceptors (Lipinski definition) is 10. The van der Waals surface area contributed by atoms with Crippen LogP contribution in [0.15, 0.2) is 33.1 Å². The van der Waals surface area contributed by atoms with Crippen molar-refractivity contribution in [2.45, 2.75) is 27.7 Å². The maximum atomic E-state index is 9.65. The predicted molar refractivity (Wildman–Crippen MR) is 80.9 cm³/mol. The Balaban J connectivity index is -0.0000000680. The molecule has 0 aromatic rings. The minimum Gasteiger partial charge on any atom is 0 e. The van der Waals surface area contributed by atoms with Crippen LogP contribution in [0.25, 0.3) is 0 Å². The summed E-state index contributed by atoms with van der Waals surface area (Å²) in [6.07, 6.45) is 0. The first-order valence-electron chi connectivity index (χ1n) is 5.12. The standard InChI is InChI=1S/2C4H8N2O2.2CNSe.Co/c2*1-3(5-7)4(2)6-8;2*2-1-3;/h2*5,7H,1-2H3;;;. The normalized spacial score (nSPS) is 9.22. The van der Waals surface area contributed by atoms with E-state index in [-0.39, 0.29) is 28.2 Å². The molecule has 0 rings (SSSR count). The number of nitrogens with zero attached hydrogens (tertiary/aromatic N) is 4. The molecule has 23 heavy (non-hydrogen) atoms. The van der Waals surface area contributed by atoms with Gasteiger partial charge in [-0.1, -0.05) is 0 Å². The second-order valence-electron chi connectivity index (χ2n) is 3.01. The van der Waals surface area contributed by atoms with Crippen LogP contribution in [0.2, 0.25) is 0 Å². The minimum absolute atomic E-state index is 0. The van der Waals surface area contributed by atoms with Gasteiger partial charge >= 0.3 is 52.5 Å². The smallest absolute Gasteiger partial charge is 0 e. The fraction of sp³-hybridized carbons (Fsp3) is 0.400. The fourth-order valence-corrected chi connectivity index (χ4v) is 0.299. The minimum atomic E-state index is 0. The Morgan fingerprint density at radius 2 is 1.04 bits per heavy atom. The van der Waals surface area contributed by atoms with Gasteiger partial charge in [0.2, 0.25) is 0 Å². The van der Waals surface area contributed by atoms with E-state index in [2.05, 4.69) is 42.4 Å². The monoisotopic (exact) mass is 503 g/mol. The Bertz CT molecular complexity index is 417. The summed E-state index contributed by atoms with van der Waals surface area (Å²) >= 11 is 4.22. The van der Waals surface area contributed by atoms with E-state index in [0.29, 0.717) is 11.4 Å². The molecule has 0 bridgehead atoms. The zero-order chi connectivity index (χ0) is 18.6. The van der Waals surface area contributed by atoms with E-state index >= 15 is 0 Å². The van der Waals surface area contributed by atoms with Crippen LogP contribution in [0.5, 0.6) is 0 Å². The maximum absolute atomic E-state index is 9.65. The molecule has 0 fully saturated rings. The van der Waals surface area contributed by atoms with Gasteiger partial charge in [-0.05, 0) is 38.0 Å². The number of rotatable bonds is 4. The molecule has 13 heteroatoms. The first-order valence-corrected chi connectivity index (χ1v) is 6.83. The molecule has 10 nitrogen and oxygen atoms in total. The van der Waals surface area contributed by atoms with Gasteiger partial charge in [-0.3, -0.25) is 21.4 Å². The molecule has 0 aliphatic heterocycles. The number of allylic oxidation sites excluding steroid dienone is 4. The molecule has 0 aromatic heterocycles. The summed E-state index contributed by atoms with van der Waals surface area (Å²) in [5.74, 6) is 0. The first kappa shape index (κ1) is 33.4. The van der Waals surface area contributed by atoms with E-state index < -0.39 is 0 Å². The topological polar surface area (TPSA) is 171 Å². The molecule has 0 heterocycles. The predicted octanol–water partition coefficient (Wildman–Crippen LogP) is 1.24. The van der Waals surface area contributed by atoms with Crippen LogP contribution in [0.3, 0.4) is 0 Å². The molecule has 0 saturated heterocycles. The van der Waals surface area contributed by atoms with Gasteiger partial charge in [-0.25, -0.2) is 0 Å². The molecule has 0 aliphatic carbocycles. The molecule has 3 radical (unpaired) electrons. The fourth-order valence-electron chi connectivity index (χ4n) is 0.299. The SMILES string of the molecule is CC(N=O)=C(C)NO.CC(N=O)=C(C)NO.N#C[Se].N#C[Se].[Co]. The Morgan fingerprint density at radius 3 is 1.09 bits per heavy atom. The van der Waals surface area contributed by atoms with Crippen molar-refractivity contribution < 1.29 is 27.2 Å². The molecule has 0 aliphatic rings.